The Kier molecular flexibility index (Phi) is 4.70. The van der Waals surface area contributed by atoms with Crippen LogP contribution in [-0.2, 0) is 6.54 Å². The van der Waals surface area contributed by atoms with E-state index in [2.05, 4.69) is 29.5 Å². The number of hydrogen-bond acceptors (Lipinski definition) is 2. The fourth-order valence-electron chi connectivity index (χ4n) is 1.19. The van der Waals surface area contributed by atoms with Crippen LogP contribution >= 0.6 is 0 Å². The molecule has 1 rings (SSSR count). The van der Waals surface area contributed by atoms with E-state index in [-0.39, 0.29) is 0 Å². The first-order valence-corrected chi connectivity index (χ1v) is 4.79. The van der Waals surface area contributed by atoms with Crippen LogP contribution in [0.3, 0.4) is 0 Å². The van der Waals surface area contributed by atoms with E-state index >= 15 is 0 Å². The predicted octanol–water partition coefficient (Wildman–Crippen LogP) is 2.15. The van der Waals surface area contributed by atoms with Gasteiger partial charge in [0.1, 0.15) is 0 Å². The van der Waals surface area contributed by atoms with Crippen molar-refractivity contribution in [3.05, 3.63) is 48.5 Å². The van der Waals surface area contributed by atoms with Gasteiger partial charge in [-0.15, -0.1) is 5.73 Å². The van der Waals surface area contributed by atoms with Crippen molar-refractivity contribution in [3.8, 4) is 0 Å². The van der Waals surface area contributed by atoms with Gasteiger partial charge in [0.2, 0.25) is 0 Å². The zero-order chi connectivity index (χ0) is 10.2. The minimum atomic E-state index is 0.469. The summed E-state index contributed by atoms with van der Waals surface area (Å²) in [7, 11) is 0. The largest absolute Gasteiger partial charge is 0.311 e. The van der Waals surface area contributed by atoms with E-state index in [9.17, 15) is 0 Å². The predicted molar refractivity (Wildman–Crippen MR) is 58.8 cm³/mol. The average Bonchev–Trinajstić information content (AvgIpc) is 2.20. The lowest BCUT2D eigenvalue weighted by atomic mass is 10.2. The fraction of sp³-hybridized carbons (Fsp3) is 0.333. The van der Waals surface area contributed by atoms with Gasteiger partial charge >= 0.3 is 0 Å². The molecule has 0 aliphatic rings. The highest BCUT2D eigenvalue weighted by molar-refractivity contribution is 5.02. The van der Waals surface area contributed by atoms with Gasteiger partial charge in [-0.1, -0.05) is 19.6 Å². The molecule has 0 saturated carbocycles. The molecule has 1 heterocycles. The second-order valence-electron chi connectivity index (χ2n) is 3.30. The van der Waals surface area contributed by atoms with Crippen molar-refractivity contribution >= 4 is 0 Å². The van der Waals surface area contributed by atoms with Gasteiger partial charge in [-0.05, 0) is 24.1 Å². The molecule has 0 fully saturated rings. The van der Waals surface area contributed by atoms with Gasteiger partial charge in [0.25, 0.3) is 0 Å². The van der Waals surface area contributed by atoms with Crippen LogP contribution in [0.4, 0.5) is 0 Å². The van der Waals surface area contributed by atoms with Gasteiger partial charge in [0, 0.05) is 19.3 Å². The lowest BCUT2D eigenvalue weighted by molar-refractivity contribution is 0.588. The molecule has 1 atom stereocenters. The summed E-state index contributed by atoms with van der Waals surface area (Å²) in [6.45, 7) is 7.42. The minimum absolute atomic E-state index is 0.469. The Morgan fingerprint density at radius 3 is 3.14 bits per heavy atom. The van der Waals surface area contributed by atoms with Crippen LogP contribution in [0.2, 0.25) is 0 Å². The number of aromatic nitrogens is 1. The van der Waals surface area contributed by atoms with Crippen molar-refractivity contribution < 1.29 is 0 Å². The summed E-state index contributed by atoms with van der Waals surface area (Å²) in [5.41, 5.74) is 3.86. The van der Waals surface area contributed by atoms with E-state index in [0.29, 0.717) is 5.92 Å². The van der Waals surface area contributed by atoms with E-state index in [1.807, 2.05) is 30.5 Å². The Morgan fingerprint density at radius 2 is 2.50 bits per heavy atom. The summed E-state index contributed by atoms with van der Waals surface area (Å²) in [6.07, 6.45) is 3.77. The molecule has 2 heteroatoms. The van der Waals surface area contributed by atoms with E-state index in [1.165, 1.54) is 0 Å². The molecule has 1 aromatic rings. The lowest BCUT2D eigenvalue weighted by Crippen LogP contribution is -2.19. The van der Waals surface area contributed by atoms with Gasteiger partial charge in [-0.25, -0.2) is 0 Å². The van der Waals surface area contributed by atoms with Crippen LogP contribution in [0.15, 0.2) is 42.8 Å². The van der Waals surface area contributed by atoms with Crippen molar-refractivity contribution in [2.24, 2.45) is 5.92 Å². The third-order valence-electron chi connectivity index (χ3n) is 1.90. The van der Waals surface area contributed by atoms with Crippen LogP contribution in [0, 0.1) is 5.92 Å². The molecule has 14 heavy (non-hydrogen) atoms. The van der Waals surface area contributed by atoms with E-state index in [4.69, 9.17) is 0 Å². The van der Waals surface area contributed by atoms with Crippen LogP contribution in [0.25, 0.3) is 0 Å². The molecule has 0 radical (unpaired) electrons. The highest BCUT2D eigenvalue weighted by Gasteiger charge is 1.96. The Morgan fingerprint density at radius 1 is 1.64 bits per heavy atom. The molecule has 0 aliphatic heterocycles. The third-order valence-corrected chi connectivity index (χ3v) is 1.90. The maximum absolute atomic E-state index is 4.22. The van der Waals surface area contributed by atoms with Crippen LogP contribution in [0.5, 0.6) is 0 Å². The number of hydrogen-bond donors (Lipinski definition) is 1. The number of nitrogens with zero attached hydrogens (tertiary/aromatic N) is 1. The molecular weight excluding hydrogens is 172 g/mol. The summed E-state index contributed by atoms with van der Waals surface area (Å²) in [5.74, 6) is 0.469. The minimum Gasteiger partial charge on any atom is -0.311 e. The SMILES string of the molecule is C=C=CC(C)CNCc1ccccn1. The molecule has 74 valence electrons. The van der Waals surface area contributed by atoms with E-state index < -0.39 is 0 Å². The standard InChI is InChI=1S/C12H16N2/c1-3-6-11(2)9-13-10-12-7-4-5-8-14-12/h4-8,11,13H,1,9-10H2,2H3. The molecule has 0 amide bonds. The highest BCUT2D eigenvalue weighted by Crippen LogP contribution is 1.95. The maximum atomic E-state index is 4.22. The van der Waals surface area contributed by atoms with Gasteiger partial charge in [0.05, 0.1) is 5.69 Å². The van der Waals surface area contributed by atoms with E-state index in [1.54, 1.807) is 0 Å². The van der Waals surface area contributed by atoms with E-state index in [0.717, 1.165) is 18.8 Å². The van der Waals surface area contributed by atoms with Gasteiger partial charge < -0.3 is 5.32 Å². The first-order valence-electron chi connectivity index (χ1n) is 4.79. The van der Waals surface area contributed by atoms with Gasteiger partial charge in [-0.2, -0.15) is 0 Å². The van der Waals surface area contributed by atoms with Crippen LogP contribution in [0.1, 0.15) is 12.6 Å². The quantitative estimate of drug-likeness (QED) is 0.716. The summed E-state index contributed by atoms with van der Waals surface area (Å²) in [5, 5.41) is 3.32. The molecule has 0 bridgehead atoms. The number of nitrogens with one attached hydrogen (secondary N) is 1. The Bertz CT molecular complexity index is 299. The summed E-state index contributed by atoms with van der Waals surface area (Å²) in [4.78, 5) is 4.22. The van der Waals surface area contributed by atoms with Crippen molar-refractivity contribution in [1.29, 1.82) is 0 Å². The second kappa shape index (κ2) is 6.14. The van der Waals surface area contributed by atoms with Crippen LogP contribution < -0.4 is 5.32 Å². The summed E-state index contributed by atoms with van der Waals surface area (Å²) in [6, 6.07) is 5.94. The second-order valence-corrected chi connectivity index (χ2v) is 3.30. The van der Waals surface area contributed by atoms with Crippen molar-refractivity contribution in [2.75, 3.05) is 6.54 Å². The first-order chi connectivity index (χ1) is 6.83. The zero-order valence-electron chi connectivity index (χ0n) is 8.53. The Hall–Kier alpha value is -1.37. The Labute approximate surface area is 85.4 Å². The van der Waals surface area contributed by atoms with Crippen LogP contribution in [-0.4, -0.2) is 11.5 Å². The summed E-state index contributed by atoms with van der Waals surface area (Å²) >= 11 is 0. The maximum Gasteiger partial charge on any atom is 0.0541 e. The molecule has 0 saturated heterocycles. The highest BCUT2D eigenvalue weighted by atomic mass is 14.9. The fourth-order valence-corrected chi connectivity index (χ4v) is 1.19. The van der Waals surface area contributed by atoms with Crippen molar-refractivity contribution in [1.82, 2.24) is 10.3 Å². The average molecular weight is 188 g/mol. The molecular formula is C12H16N2. The first kappa shape index (κ1) is 10.7. The third kappa shape index (κ3) is 4.04. The molecule has 0 aromatic carbocycles. The molecule has 2 nitrogen and oxygen atoms in total. The molecule has 1 unspecified atom stereocenters. The van der Waals surface area contributed by atoms with Crippen molar-refractivity contribution in [2.45, 2.75) is 13.5 Å². The summed E-state index contributed by atoms with van der Waals surface area (Å²) < 4.78 is 0. The van der Waals surface area contributed by atoms with Crippen molar-refractivity contribution in [3.63, 3.8) is 0 Å². The topological polar surface area (TPSA) is 24.9 Å². The normalized spacial score (nSPS) is 11.8. The number of rotatable bonds is 5. The van der Waals surface area contributed by atoms with Gasteiger partial charge in [0.15, 0.2) is 0 Å². The molecule has 0 spiro atoms. The molecule has 0 aliphatic carbocycles. The zero-order valence-corrected chi connectivity index (χ0v) is 8.53. The Balaban J connectivity index is 2.25. The monoisotopic (exact) mass is 188 g/mol. The number of pyridine rings is 1. The smallest absolute Gasteiger partial charge is 0.0541 e. The molecule has 1 aromatic heterocycles. The van der Waals surface area contributed by atoms with Gasteiger partial charge in [-0.3, -0.25) is 4.98 Å². The molecule has 1 N–H and O–H groups in total. The lowest BCUT2D eigenvalue weighted by Gasteiger charge is -2.06.